The van der Waals surface area contributed by atoms with Crippen LogP contribution in [0.15, 0.2) is 91.0 Å². The predicted molar refractivity (Wildman–Crippen MR) is 119 cm³/mol. The summed E-state index contributed by atoms with van der Waals surface area (Å²) < 4.78 is 0. The Labute approximate surface area is 174 Å². The monoisotopic (exact) mass is 380 g/mol. The highest BCUT2D eigenvalue weighted by Gasteiger charge is 2.44. The first kappa shape index (κ1) is 19.4. The molecule has 146 valence electrons. The Hall–Kier alpha value is -2.89. The van der Waals surface area contributed by atoms with Crippen molar-refractivity contribution in [1.29, 1.82) is 5.26 Å². The summed E-state index contributed by atoms with van der Waals surface area (Å²) in [5.74, 6) is 0.279. The van der Waals surface area contributed by atoms with E-state index < -0.39 is 5.41 Å². The van der Waals surface area contributed by atoms with Gasteiger partial charge in [0.2, 0.25) is 0 Å². The lowest BCUT2D eigenvalue weighted by molar-refractivity contribution is 0.148. The van der Waals surface area contributed by atoms with E-state index in [1.54, 1.807) is 0 Å². The Kier molecular flexibility index (Phi) is 6.08. The summed E-state index contributed by atoms with van der Waals surface area (Å²) in [7, 11) is 0. The Morgan fingerprint density at radius 3 is 1.93 bits per heavy atom. The summed E-state index contributed by atoms with van der Waals surface area (Å²) in [6.45, 7) is 3.13. The van der Waals surface area contributed by atoms with Crippen LogP contribution in [0.25, 0.3) is 0 Å². The lowest BCUT2D eigenvalue weighted by Crippen LogP contribution is -2.46. The van der Waals surface area contributed by atoms with Gasteiger partial charge in [-0.05, 0) is 48.4 Å². The molecular formula is C27H28N2. The van der Waals surface area contributed by atoms with Crippen LogP contribution in [-0.2, 0) is 11.8 Å². The quantitative estimate of drug-likeness (QED) is 0.568. The molecule has 1 heterocycles. The van der Waals surface area contributed by atoms with E-state index in [4.69, 9.17) is 0 Å². The van der Waals surface area contributed by atoms with Crippen molar-refractivity contribution in [1.82, 2.24) is 4.90 Å². The number of piperidine rings is 1. The van der Waals surface area contributed by atoms with Crippen molar-refractivity contribution in [2.75, 3.05) is 19.6 Å². The van der Waals surface area contributed by atoms with Gasteiger partial charge >= 0.3 is 0 Å². The van der Waals surface area contributed by atoms with Crippen LogP contribution in [0.3, 0.4) is 0 Å². The van der Waals surface area contributed by atoms with Crippen molar-refractivity contribution in [3.05, 3.63) is 108 Å². The van der Waals surface area contributed by atoms with E-state index in [9.17, 15) is 5.26 Å². The van der Waals surface area contributed by atoms with Gasteiger partial charge in [0, 0.05) is 13.1 Å². The molecule has 1 aliphatic rings. The molecule has 1 unspecified atom stereocenters. The van der Waals surface area contributed by atoms with Gasteiger partial charge in [0.25, 0.3) is 0 Å². The molecule has 0 amide bonds. The van der Waals surface area contributed by atoms with Crippen molar-refractivity contribution in [3.8, 4) is 6.07 Å². The third-order valence-electron chi connectivity index (χ3n) is 6.31. The maximum atomic E-state index is 10.6. The largest absolute Gasteiger partial charge is 0.303 e. The average molecular weight is 381 g/mol. The van der Waals surface area contributed by atoms with Crippen molar-refractivity contribution in [2.24, 2.45) is 5.92 Å². The van der Waals surface area contributed by atoms with E-state index in [0.717, 1.165) is 50.0 Å². The van der Waals surface area contributed by atoms with Gasteiger partial charge < -0.3 is 4.90 Å². The van der Waals surface area contributed by atoms with Crippen LogP contribution in [0.5, 0.6) is 0 Å². The topological polar surface area (TPSA) is 27.0 Å². The molecule has 0 spiro atoms. The van der Waals surface area contributed by atoms with E-state index in [1.807, 2.05) is 12.1 Å². The smallest absolute Gasteiger partial charge is 0.111 e. The van der Waals surface area contributed by atoms with E-state index in [1.165, 1.54) is 5.56 Å². The van der Waals surface area contributed by atoms with E-state index in [-0.39, 0.29) is 5.92 Å². The van der Waals surface area contributed by atoms with Crippen LogP contribution in [0.2, 0.25) is 0 Å². The molecule has 29 heavy (non-hydrogen) atoms. The maximum absolute atomic E-state index is 10.6. The van der Waals surface area contributed by atoms with Gasteiger partial charge in [0.1, 0.15) is 5.41 Å². The molecule has 0 N–H and O–H groups in total. The van der Waals surface area contributed by atoms with Crippen molar-refractivity contribution in [2.45, 2.75) is 24.7 Å². The zero-order valence-electron chi connectivity index (χ0n) is 16.9. The van der Waals surface area contributed by atoms with Gasteiger partial charge in [-0.25, -0.2) is 0 Å². The van der Waals surface area contributed by atoms with E-state index in [0.29, 0.717) is 0 Å². The predicted octanol–water partition coefficient (Wildman–Crippen LogP) is 5.45. The number of nitrogens with zero attached hydrogens (tertiary/aromatic N) is 2. The fourth-order valence-corrected chi connectivity index (χ4v) is 4.80. The molecule has 0 saturated carbocycles. The van der Waals surface area contributed by atoms with Gasteiger partial charge in [0.15, 0.2) is 0 Å². The summed E-state index contributed by atoms with van der Waals surface area (Å²) in [4.78, 5) is 2.55. The molecule has 1 aliphatic heterocycles. The summed E-state index contributed by atoms with van der Waals surface area (Å²) >= 11 is 0. The Bertz CT molecular complexity index is 889. The number of rotatable bonds is 6. The molecule has 0 aromatic heterocycles. The molecule has 0 aliphatic carbocycles. The minimum absolute atomic E-state index is 0.279. The number of hydrogen-bond donors (Lipinski definition) is 0. The second-order valence-corrected chi connectivity index (χ2v) is 8.03. The fourth-order valence-electron chi connectivity index (χ4n) is 4.80. The van der Waals surface area contributed by atoms with Crippen LogP contribution in [-0.4, -0.2) is 24.5 Å². The molecule has 1 fully saturated rings. The van der Waals surface area contributed by atoms with Gasteiger partial charge in [-0.1, -0.05) is 91.0 Å². The van der Waals surface area contributed by atoms with Crippen molar-refractivity contribution in [3.63, 3.8) is 0 Å². The Balaban J connectivity index is 1.62. The molecule has 0 bridgehead atoms. The normalized spacial score (nSPS) is 17.6. The lowest BCUT2D eigenvalue weighted by Gasteiger charge is -2.42. The first-order valence-corrected chi connectivity index (χ1v) is 10.6. The van der Waals surface area contributed by atoms with Crippen LogP contribution < -0.4 is 0 Å². The molecule has 3 aromatic carbocycles. The summed E-state index contributed by atoms with van der Waals surface area (Å²) in [5.41, 5.74) is 3.01. The SMILES string of the molecule is N#CC(c1ccccc1)(c1ccccc1)C1CCCN(CCc2ccccc2)C1. The van der Waals surface area contributed by atoms with Crippen molar-refractivity contribution < 1.29 is 0 Å². The second kappa shape index (κ2) is 9.07. The van der Waals surface area contributed by atoms with Crippen LogP contribution in [0.4, 0.5) is 0 Å². The molecule has 2 heteroatoms. The number of hydrogen-bond acceptors (Lipinski definition) is 2. The third-order valence-corrected chi connectivity index (χ3v) is 6.31. The average Bonchev–Trinajstić information content (AvgIpc) is 2.81. The molecule has 1 saturated heterocycles. The van der Waals surface area contributed by atoms with Crippen molar-refractivity contribution >= 4 is 0 Å². The minimum Gasteiger partial charge on any atom is -0.303 e. The van der Waals surface area contributed by atoms with Crippen LogP contribution in [0.1, 0.15) is 29.5 Å². The fraction of sp³-hybridized carbons (Fsp3) is 0.296. The van der Waals surface area contributed by atoms with E-state index >= 15 is 0 Å². The molecular weight excluding hydrogens is 352 g/mol. The van der Waals surface area contributed by atoms with Gasteiger partial charge in [0.05, 0.1) is 6.07 Å². The molecule has 2 nitrogen and oxygen atoms in total. The molecule has 4 rings (SSSR count). The first-order valence-electron chi connectivity index (χ1n) is 10.6. The Morgan fingerprint density at radius 1 is 0.828 bits per heavy atom. The van der Waals surface area contributed by atoms with Crippen LogP contribution >= 0.6 is 0 Å². The summed E-state index contributed by atoms with van der Waals surface area (Å²) in [6, 6.07) is 34.3. The highest BCUT2D eigenvalue weighted by atomic mass is 15.1. The summed E-state index contributed by atoms with van der Waals surface area (Å²) in [6.07, 6.45) is 3.28. The van der Waals surface area contributed by atoms with Gasteiger partial charge in [-0.2, -0.15) is 5.26 Å². The molecule has 1 atom stereocenters. The third kappa shape index (κ3) is 4.11. The maximum Gasteiger partial charge on any atom is 0.111 e. The Morgan fingerprint density at radius 2 is 1.38 bits per heavy atom. The number of nitriles is 1. The zero-order valence-corrected chi connectivity index (χ0v) is 16.9. The highest BCUT2D eigenvalue weighted by molar-refractivity contribution is 5.47. The minimum atomic E-state index is -0.603. The first-order chi connectivity index (χ1) is 14.3. The standard InChI is InChI=1S/C27H28N2/c28-22-27(24-13-6-2-7-14-24,25-15-8-3-9-16-25)26-17-10-19-29(21-26)20-18-23-11-4-1-5-12-23/h1-9,11-16,26H,10,17-21H2. The highest BCUT2D eigenvalue weighted by Crippen LogP contribution is 2.42. The van der Waals surface area contributed by atoms with Gasteiger partial charge in [-0.3, -0.25) is 0 Å². The lowest BCUT2D eigenvalue weighted by atomic mass is 9.64. The molecule has 0 radical (unpaired) electrons. The molecule has 3 aromatic rings. The number of likely N-dealkylation sites (tertiary alicyclic amines) is 1. The van der Waals surface area contributed by atoms with Gasteiger partial charge in [-0.15, -0.1) is 0 Å². The second-order valence-electron chi connectivity index (χ2n) is 8.03. The zero-order chi connectivity index (χ0) is 19.9. The summed E-state index contributed by atoms with van der Waals surface area (Å²) in [5, 5.41) is 10.6. The van der Waals surface area contributed by atoms with Crippen LogP contribution in [0, 0.1) is 17.2 Å². The number of benzene rings is 3. The van der Waals surface area contributed by atoms with E-state index in [2.05, 4.69) is 89.8 Å².